The molecule has 0 aliphatic carbocycles. The van der Waals surface area contributed by atoms with Crippen LogP contribution in [0, 0.1) is 0 Å². The van der Waals surface area contributed by atoms with E-state index < -0.39 is 0 Å². The van der Waals surface area contributed by atoms with E-state index in [1.165, 1.54) is 25.1 Å². The Morgan fingerprint density at radius 1 is 1.50 bits per heavy atom. The fraction of sp³-hybridized carbons (Fsp3) is 0.545. The molecule has 0 radical (unpaired) electrons. The minimum absolute atomic E-state index is 0.621. The van der Waals surface area contributed by atoms with Gasteiger partial charge in [-0.3, -0.25) is 0 Å². The molecule has 1 N–H and O–H groups in total. The average Bonchev–Trinajstić information content (AvgIpc) is 2.30. The zero-order valence-electron chi connectivity index (χ0n) is 8.49. The summed E-state index contributed by atoms with van der Waals surface area (Å²) in [6, 6.07) is 6.34. The minimum Gasteiger partial charge on any atom is -0.316 e. The van der Waals surface area contributed by atoms with E-state index in [0.717, 1.165) is 11.6 Å². The zero-order chi connectivity index (χ0) is 9.80. The van der Waals surface area contributed by atoms with Gasteiger partial charge in [-0.2, -0.15) is 0 Å². The molecule has 2 heterocycles. The van der Waals surface area contributed by atoms with Crippen LogP contribution in [-0.2, 0) is 0 Å². The lowest BCUT2D eigenvalue weighted by atomic mass is 9.96. The molecule has 0 amide bonds. The SMILES string of the molecule is CSc1cccc(C2CCCNC2)n1. The minimum atomic E-state index is 0.621. The molecule has 2 rings (SSSR count). The highest BCUT2D eigenvalue weighted by Gasteiger charge is 2.16. The third-order valence-electron chi connectivity index (χ3n) is 2.67. The second-order valence-electron chi connectivity index (χ2n) is 3.65. The molecule has 1 fully saturated rings. The highest BCUT2D eigenvalue weighted by molar-refractivity contribution is 7.98. The molecule has 2 nitrogen and oxygen atoms in total. The van der Waals surface area contributed by atoms with Gasteiger partial charge in [0.15, 0.2) is 0 Å². The van der Waals surface area contributed by atoms with Crippen molar-refractivity contribution >= 4 is 11.8 Å². The van der Waals surface area contributed by atoms with Crippen molar-refractivity contribution in [2.24, 2.45) is 0 Å². The number of thioether (sulfide) groups is 1. The molecule has 1 saturated heterocycles. The first-order valence-electron chi connectivity index (χ1n) is 5.12. The molecular weight excluding hydrogens is 192 g/mol. The first-order valence-corrected chi connectivity index (χ1v) is 6.34. The van der Waals surface area contributed by atoms with Crippen molar-refractivity contribution in [1.29, 1.82) is 0 Å². The molecule has 76 valence electrons. The van der Waals surface area contributed by atoms with E-state index in [1.807, 2.05) is 0 Å². The van der Waals surface area contributed by atoms with Gasteiger partial charge in [0.25, 0.3) is 0 Å². The molecule has 0 spiro atoms. The fourth-order valence-electron chi connectivity index (χ4n) is 1.88. The fourth-order valence-corrected chi connectivity index (χ4v) is 2.29. The highest BCUT2D eigenvalue weighted by atomic mass is 32.2. The second kappa shape index (κ2) is 4.80. The van der Waals surface area contributed by atoms with Crippen LogP contribution >= 0.6 is 11.8 Å². The molecule has 0 aromatic carbocycles. The van der Waals surface area contributed by atoms with Crippen LogP contribution in [0.5, 0.6) is 0 Å². The number of rotatable bonds is 2. The van der Waals surface area contributed by atoms with Crippen molar-refractivity contribution in [3.8, 4) is 0 Å². The molecule has 1 unspecified atom stereocenters. The van der Waals surface area contributed by atoms with Crippen molar-refractivity contribution in [3.05, 3.63) is 23.9 Å². The van der Waals surface area contributed by atoms with Crippen LogP contribution in [0.2, 0.25) is 0 Å². The first kappa shape index (κ1) is 9.99. The summed E-state index contributed by atoms with van der Waals surface area (Å²) in [7, 11) is 0. The summed E-state index contributed by atoms with van der Waals surface area (Å²) in [5.74, 6) is 0.621. The number of pyridine rings is 1. The first-order chi connectivity index (χ1) is 6.90. The van der Waals surface area contributed by atoms with Gasteiger partial charge in [0, 0.05) is 18.2 Å². The molecule has 1 aromatic rings. The van der Waals surface area contributed by atoms with Gasteiger partial charge >= 0.3 is 0 Å². The summed E-state index contributed by atoms with van der Waals surface area (Å²) in [5.41, 5.74) is 1.25. The van der Waals surface area contributed by atoms with Gasteiger partial charge < -0.3 is 5.32 Å². The summed E-state index contributed by atoms with van der Waals surface area (Å²) < 4.78 is 0. The van der Waals surface area contributed by atoms with E-state index in [-0.39, 0.29) is 0 Å². The Morgan fingerprint density at radius 2 is 2.43 bits per heavy atom. The number of piperidine rings is 1. The lowest BCUT2D eigenvalue weighted by molar-refractivity contribution is 0.453. The monoisotopic (exact) mass is 208 g/mol. The van der Waals surface area contributed by atoms with Gasteiger partial charge in [0.2, 0.25) is 0 Å². The van der Waals surface area contributed by atoms with Gasteiger partial charge in [-0.1, -0.05) is 6.07 Å². The summed E-state index contributed by atoms with van der Waals surface area (Å²) in [5, 5.41) is 4.56. The van der Waals surface area contributed by atoms with Gasteiger partial charge in [-0.15, -0.1) is 11.8 Å². The molecule has 1 atom stereocenters. The summed E-state index contributed by atoms with van der Waals surface area (Å²) in [6.07, 6.45) is 4.62. The van der Waals surface area contributed by atoms with Crippen LogP contribution in [0.3, 0.4) is 0 Å². The normalized spacial score (nSPS) is 22.2. The van der Waals surface area contributed by atoms with E-state index in [1.54, 1.807) is 11.8 Å². The Labute approximate surface area is 89.5 Å². The molecule has 14 heavy (non-hydrogen) atoms. The van der Waals surface area contributed by atoms with E-state index >= 15 is 0 Å². The summed E-state index contributed by atoms with van der Waals surface area (Å²) >= 11 is 1.72. The predicted octanol–water partition coefficient (Wildman–Crippen LogP) is 2.27. The topological polar surface area (TPSA) is 24.9 Å². The number of nitrogens with zero attached hydrogens (tertiary/aromatic N) is 1. The molecule has 0 bridgehead atoms. The maximum Gasteiger partial charge on any atom is 0.0960 e. The van der Waals surface area contributed by atoms with Crippen molar-refractivity contribution in [2.75, 3.05) is 19.3 Å². The van der Waals surface area contributed by atoms with E-state index in [2.05, 4.69) is 34.8 Å². The quantitative estimate of drug-likeness (QED) is 0.755. The van der Waals surface area contributed by atoms with Gasteiger partial charge in [0.05, 0.1) is 5.03 Å². The van der Waals surface area contributed by atoms with E-state index in [9.17, 15) is 0 Å². The largest absolute Gasteiger partial charge is 0.316 e. The van der Waals surface area contributed by atoms with Crippen LogP contribution in [0.1, 0.15) is 24.5 Å². The van der Waals surface area contributed by atoms with Crippen molar-refractivity contribution in [1.82, 2.24) is 10.3 Å². The third-order valence-corrected chi connectivity index (χ3v) is 3.32. The van der Waals surface area contributed by atoms with Gasteiger partial charge in [-0.25, -0.2) is 4.98 Å². The van der Waals surface area contributed by atoms with Crippen LogP contribution in [0.4, 0.5) is 0 Å². The van der Waals surface area contributed by atoms with Crippen LogP contribution < -0.4 is 5.32 Å². The molecular formula is C11H16N2S. The molecule has 3 heteroatoms. The molecule has 1 aromatic heterocycles. The Bertz CT molecular complexity index is 295. The smallest absolute Gasteiger partial charge is 0.0960 e. The van der Waals surface area contributed by atoms with Gasteiger partial charge in [-0.05, 0) is 37.8 Å². The summed E-state index contributed by atoms with van der Waals surface area (Å²) in [4.78, 5) is 4.64. The lowest BCUT2D eigenvalue weighted by Crippen LogP contribution is -2.28. The number of hydrogen-bond acceptors (Lipinski definition) is 3. The van der Waals surface area contributed by atoms with E-state index in [4.69, 9.17) is 0 Å². The van der Waals surface area contributed by atoms with Crippen LogP contribution in [0.15, 0.2) is 23.2 Å². The van der Waals surface area contributed by atoms with Gasteiger partial charge in [0.1, 0.15) is 0 Å². The Balaban J connectivity index is 2.13. The molecule has 1 aliphatic heterocycles. The lowest BCUT2D eigenvalue weighted by Gasteiger charge is -2.22. The highest BCUT2D eigenvalue weighted by Crippen LogP contribution is 2.23. The number of hydrogen-bond donors (Lipinski definition) is 1. The number of nitrogens with one attached hydrogen (secondary N) is 1. The maximum atomic E-state index is 4.64. The Kier molecular flexibility index (Phi) is 3.43. The van der Waals surface area contributed by atoms with Crippen molar-refractivity contribution < 1.29 is 0 Å². The second-order valence-corrected chi connectivity index (χ2v) is 4.47. The standard InChI is InChI=1S/C11H16N2S/c1-14-11-6-2-5-10(13-11)9-4-3-7-12-8-9/h2,5-6,9,12H,3-4,7-8H2,1H3. The molecule has 0 saturated carbocycles. The predicted molar refractivity (Wildman–Crippen MR) is 60.9 cm³/mol. The molecule has 1 aliphatic rings. The zero-order valence-corrected chi connectivity index (χ0v) is 9.31. The van der Waals surface area contributed by atoms with E-state index in [0.29, 0.717) is 5.92 Å². The van der Waals surface area contributed by atoms with Crippen molar-refractivity contribution in [2.45, 2.75) is 23.8 Å². The van der Waals surface area contributed by atoms with Crippen molar-refractivity contribution in [3.63, 3.8) is 0 Å². The summed E-state index contributed by atoms with van der Waals surface area (Å²) in [6.45, 7) is 2.25. The Hall–Kier alpha value is -0.540. The maximum absolute atomic E-state index is 4.64. The van der Waals surface area contributed by atoms with Crippen LogP contribution in [0.25, 0.3) is 0 Å². The Morgan fingerprint density at radius 3 is 3.14 bits per heavy atom. The average molecular weight is 208 g/mol. The van der Waals surface area contributed by atoms with Crippen LogP contribution in [-0.4, -0.2) is 24.3 Å². The number of aromatic nitrogens is 1. The third kappa shape index (κ3) is 2.28.